The number of primary sulfonamides is 1. The van der Waals surface area contributed by atoms with Crippen molar-refractivity contribution in [2.24, 2.45) is 5.14 Å². The van der Waals surface area contributed by atoms with Gasteiger partial charge in [-0.15, -0.1) is 0 Å². The largest absolute Gasteiger partial charge is 0.447 e. The third-order valence-electron chi connectivity index (χ3n) is 3.07. The molecule has 2 aromatic rings. The zero-order valence-electron chi connectivity index (χ0n) is 13.2. The average Bonchev–Trinajstić information content (AvgIpc) is 3.05. The quantitative estimate of drug-likeness (QED) is 0.422. The van der Waals surface area contributed by atoms with E-state index < -0.39 is 43.8 Å². The SMILES string of the molecule is CC(OC(=O)c1ccc(S(N)(=O)=O)o1)C(=O)Nc1ccccc1[N+](=O)[O-]. The van der Waals surface area contributed by atoms with Gasteiger partial charge >= 0.3 is 5.97 Å². The predicted octanol–water partition coefficient (Wildman–Crippen LogP) is 1.02. The molecule has 26 heavy (non-hydrogen) atoms. The van der Waals surface area contributed by atoms with E-state index in [4.69, 9.17) is 14.3 Å². The lowest BCUT2D eigenvalue weighted by Crippen LogP contribution is -2.30. The minimum Gasteiger partial charge on any atom is -0.447 e. The molecule has 138 valence electrons. The number of hydrogen-bond donors (Lipinski definition) is 2. The van der Waals surface area contributed by atoms with Gasteiger partial charge in [0.2, 0.25) is 10.9 Å². The molecule has 0 aliphatic rings. The summed E-state index contributed by atoms with van der Waals surface area (Å²) in [6.45, 7) is 1.23. The maximum absolute atomic E-state index is 12.1. The van der Waals surface area contributed by atoms with Crippen molar-refractivity contribution in [2.75, 3.05) is 5.32 Å². The number of benzene rings is 1. The van der Waals surface area contributed by atoms with Crippen molar-refractivity contribution >= 4 is 33.3 Å². The molecule has 11 nitrogen and oxygen atoms in total. The number of nitrogens with one attached hydrogen (secondary N) is 1. The Labute approximate surface area is 146 Å². The molecular weight excluding hydrogens is 370 g/mol. The Balaban J connectivity index is 2.06. The van der Waals surface area contributed by atoms with Crippen molar-refractivity contribution in [1.29, 1.82) is 0 Å². The Bertz CT molecular complexity index is 966. The smallest absolute Gasteiger partial charge is 0.375 e. The van der Waals surface area contributed by atoms with E-state index in [1.165, 1.54) is 31.2 Å². The van der Waals surface area contributed by atoms with Crippen molar-refractivity contribution in [3.05, 3.63) is 52.3 Å². The van der Waals surface area contributed by atoms with Gasteiger partial charge < -0.3 is 14.5 Å². The van der Waals surface area contributed by atoms with Crippen LogP contribution in [0.4, 0.5) is 11.4 Å². The first-order valence-corrected chi connectivity index (χ1v) is 8.52. The number of para-hydroxylation sites is 2. The van der Waals surface area contributed by atoms with E-state index in [0.29, 0.717) is 0 Å². The van der Waals surface area contributed by atoms with Crippen LogP contribution in [-0.2, 0) is 19.6 Å². The molecule has 1 aromatic carbocycles. The second-order valence-electron chi connectivity index (χ2n) is 4.97. The van der Waals surface area contributed by atoms with Crippen LogP contribution in [0.15, 0.2) is 45.9 Å². The Hall–Kier alpha value is -3.25. The number of nitro benzene ring substituents is 1. The summed E-state index contributed by atoms with van der Waals surface area (Å²) in [6.07, 6.45) is -1.34. The molecule has 1 atom stereocenters. The fraction of sp³-hybridized carbons (Fsp3) is 0.143. The van der Waals surface area contributed by atoms with E-state index in [2.05, 4.69) is 5.32 Å². The van der Waals surface area contributed by atoms with Gasteiger partial charge in [-0.2, -0.15) is 0 Å². The van der Waals surface area contributed by atoms with Gasteiger partial charge in [-0.25, -0.2) is 18.4 Å². The number of carbonyl (C=O) groups excluding carboxylic acids is 2. The summed E-state index contributed by atoms with van der Waals surface area (Å²) in [5.41, 5.74) is -0.400. The first kappa shape index (κ1) is 19.1. The molecule has 1 unspecified atom stereocenters. The number of esters is 1. The highest BCUT2D eigenvalue weighted by Gasteiger charge is 2.24. The zero-order chi connectivity index (χ0) is 19.5. The molecule has 1 heterocycles. The summed E-state index contributed by atoms with van der Waals surface area (Å²) in [7, 11) is -4.13. The third-order valence-corrected chi connectivity index (χ3v) is 3.85. The minimum atomic E-state index is -4.13. The van der Waals surface area contributed by atoms with E-state index in [1.54, 1.807) is 0 Å². The molecule has 1 aromatic heterocycles. The number of nitrogens with two attached hydrogens (primary N) is 1. The highest BCUT2D eigenvalue weighted by Crippen LogP contribution is 2.23. The molecule has 0 saturated carbocycles. The summed E-state index contributed by atoms with van der Waals surface area (Å²) in [4.78, 5) is 34.2. The van der Waals surface area contributed by atoms with E-state index >= 15 is 0 Å². The number of amides is 1. The van der Waals surface area contributed by atoms with Gasteiger partial charge in [-0.3, -0.25) is 14.9 Å². The zero-order valence-corrected chi connectivity index (χ0v) is 14.1. The standard InChI is InChI=1S/C14H13N3O8S/c1-8(13(18)16-9-4-2-3-5-10(9)17(20)21)24-14(19)11-6-7-12(25-11)26(15,22)23/h2-8H,1H3,(H,16,18)(H2,15,22,23). The third kappa shape index (κ3) is 4.43. The van der Waals surface area contributed by atoms with Crippen LogP contribution in [0.5, 0.6) is 0 Å². The number of carbonyl (C=O) groups is 2. The van der Waals surface area contributed by atoms with Crippen LogP contribution >= 0.6 is 0 Å². The van der Waals surface area contributed by atoms with E-state index in [9.17, 15) is 28.1 Å². The van der Waals surface area contributed by atoms with E-state index in [1.807, 2.05) is 0 Å². The molecule has 1 amide bonds. The topological polar surface area (TPSA) is 172 Å². The number of furan rings is 1. The summed E-state index contributed by atoms with van der Waals surface area (Å²) < 4.78 is 31.8. The molecule has 0 saturated heterocycles. The lowest BCUT2D eigenvalue weighted by molar-refractivity contribution is -0.383. The van der Waals surface area contributed by atoms with E-state index in [-0.39, 0.29) is 11.4 Å². The van der Waals surface area contributed by atoms with Gasteiger partial charge in [0.15, 0.2) is 6.10 Å². The maximum Gasteiger partial charge on any atom is 0.375 e. The molecule has 0 radical (unpaired) electrons. The maximum atomic E-state index is 12.1. The van der Waals surface area contributed by atoms with Crippen LogP contribution in [-0.4, -0.2) is 31.3 Å². The fourth-order valence-electron chi connectivity index (χ4n) is 1.83. The molecular formula is C14H13N3O8S. The van der Waals surface area contributed by atoms with Crippen molar-refractivity contribution in [3.63, 3.8) is 0 Å². The average molecular weight is 383 g/mol. The van der Waals surface area contributed by atoms with Crippen LogP contribution in [0, 0.1) is 10.1 Å². The number of nitro groups is 1. The number of anilines is 1. The number of hydrogen-bond acceptors (Lipinski definition) is 8. The monoisotopic (exact) mass is 383 g/mol. The van der Waals surface area contributed by atoms with Gasteiger partial charge in [0.05, 0.1) is 4.92 Å². The Morgan fingerprint density at radius 3 is 2.50 bits per heavy atom. The summed E-state index contributed by atoms with van der Waals surface area (Å²) in [6, 6.07) is 7.41. The lowest BCUT2D eigenvalue weighted by Gasteiger charge is -2.12. The fourth-order valence-corrected chi connectivity index (χ4v) is 2.29. The molecule has 0 aliphatic heterocycles. The van der Waals surface area contributed by atoms with Crippen LogP contribution in [0.1, 0.15) is 17.5 Å². The molecule has 0 aliphatic carbocycles. The van der Waals surface area contributed by atoms with Crippen molar-refractivity contribution in [3.8, 4) is 0 Å². The molecule has 0 spiro atoms. The second kappa shape index (κ2) is 7.33. The Morgan fingerprint density at radius 2 is 1.92 bits per heavy atom. The number of rotatable bonds is 6. The second-order valence-corrected chi connectivity index (χ2v) is 6.47. The molecule has 0 fully saturated rings. The van der Waals surface area contributed by atoms with Gasteiger partial charge in [-0.05, 0) is 25.1 Å². The first-order chi connectivity index (χ1) is 12.1. The van der Waals surface area contributed by atoms with Crippen LogP contribution in [0.25, 0.3) is 0 Å². The van der Waals surface area contributed by atoms with Crippen LogP contribution in [0.2, 0.25) is 0 Å². The molecule has 12 heteroatoms. The van der Waals surface area contributed by atoms with Gasteiger partial charge in [0.1, 0.15) is 5.69 Å². The lowest BCUT2D eigenvalue weighted by atomic mass is 10.2. The molecule has 2 rings (SSSR count). The molecule has 3 N–H and O–H groups in total. The number of nitrogens with zero attached hydrogens (tertiary/aromatic N) is 1. The number of ether oxygens (including phenoxy) is 1. The van der Waals surface area contributed by atoms with Gasteiger partial charge in [-0.1, -0.05) is 12.1 Å². The normalized spacial score (nSPS) is 12.2. The summed E-state index contributed by atoms with van der Waals surface area (Å²) >= 11 is 0. The van der Waals surface area contributed by atoms with Crippen LogP contribution in [0.3, 0.4) is 0 Å². The minimum absolute atomic E-state index is 0.0695. The van der Waals surface area contributed by atoms with Gasteiger partial charge in [0, 0.05) is 6.07 Å². The molecule has 0 bridgehead atoms. The first-order valence-electron chi connectivity index (χ1n) is 6.97. The van der Waals surface area contributed by atoms with Crippen molar-refractivity contribution in [2.45, 2.75) is 18.1 Å². The highest BCUT2D eigenvalue weighted by atomic mass is 32.2. The number of sulfonamides is 1. The van der Waals surface area contributed by atoms with Crippen molar-refractivity contribution < 1.29 is 32.1 Å². The predicted molar refractivity (Wildman–Crippen MR) is 86.7 cm³/mol. The van der Waals surface area contributed by atoms with Gasteiger partial charge in [0.25, 0.3) is 21.6 Å². The Kier molecular flexibility index (Phi) is 5.38. The highest BCUT2D eigenvalue weighted by molar-refractivity contribution is 7.89. The summed E-state index contributed by atoms with van der Waals surface area (Å²) in [5.74, 6) is -2.41. The van der Waals surface area contributed by atoms with Crippen LogP contribution < -0.4 is 10.5 Å². The van der Waals surface area contributed by atoms with E-state index in [0.717, 1.165) is 12.1 Å². The van der Waals surface area contributed by atoms with Crippen molar-refractivity contribution in [1.82, 2.24) is 0 Å². The Morgan fingerprint density at radius 1 is 1.27 bits per heavy atom. The summed E-state index contributed by atoms with van der Waals surface area (Å²) in [5, 5.41) is 17.4.